The van der Waals surface area contributed by atoms with Gasteiger partial charge in [-0.15, -0.1) is 0 Å². The number of ether oxygens (including phenoxy) is 1. The molecule has 0 aliphatic heterocycles. The number of nitrogens with one attached hydrogen (secondary N) is 2. The van der Waals surface area contributed by atoms with Crippen LogP contribution in [0.4, 0.5) is 5.69 Å². The lowest BCUT2D eigenvalue weighted by molar-refractivity contribution is 0.0958. The number of rotatable bonds is 6. The Hall–Kier alpha value is -2.69. The summed E-state index contributed by atoms with van der Waals surface area (Å²) >= 11 is 11.8. The third-order valence-electron chi connectivity index (χ3n) is 3.58. The van der Waals surface area contributed by atoms with Gasteiger partial charge < -0.3 is 4.74 Å². The number of hydrogen-bond donors (Lipinski definition) is 2. The van der Waals surface area contributed by atoms with Crippen LogP contribution in [-0.4, -0.2) is 5.91 Å². The zero-order valence-electron chi connectivity index (χ0n) is 13.7. The number of hydrazine groups is 1. The second-order valence-electron chi connectivity index (χ2n) is 5.50. The van der Waals surface area contributed by atoms with Crippen LogP contribution in [-0.2, 0) is 6.61 Å². The summed E-state index contributed by atoms with van der Waals surface area (Å²) in [6, 6.07) is 21.5. The summed E-state index contributed by atoms with van der Waals surface area (Å²) in [6.07, 6.45) is 0. The molecule has 0 saturated heterocycles. The van der Waals surface area contributed by atoms with Gasteiger partial charge in [-0.2, -0.15) is 0 Å². The predicted octanol–water partition coefficient (Wildman–Crippen LogP) is 5.33. The standard InChI is InChI=1S/C20H16Cl2N2O2/c21-15-10-8-14(9-11-15)13-26-19-7-2-1-6-18(19)20(25)24-23-17-5-3-4-16(22)12-17/h1-12,23H,13H2,(H,24,25). The molecule has 3 rings (SSSR count). The Bertz CT molecular complexity index is 898. The van der Waals surface area contributed by atoms with Crippen molar-refractivity contribution in [3.8, 4) is 5.75 Å². The van der Waals surface area contributed by atoms with Crippen LogP contribution in [0.15, 0.2) is 72.8 Å². The van der Waals surface area contributed by atoms with E-state index in [0.29, 0.717) is 33.7 Å². The fraction of sp³-hybridized carbons (Fsp3) is 0.0500. The first-order valence-corrected chi connectivity index (χ1v) is 8.65. The zero-order chi connectivity index (χ0) is 18.4. The molecule has 0 atom stereocenters. The molecule has 0 unspecified atom stereocenters. The van der Waals surface area contributed by atoms with Crippen molar-refractivity contribution < 1.29 is 9.53 Å². The summed E-state index contributed by atoms with van der Waals surface area (Å²) < 4.78 is 5.80. The average molecular weight is 387 g/mol. The summed E-state index contributed by atoms with van der Waals surface area (Å²) in [4.78, 5) is 12.5. The number of para-hydroxylation sites is 1. The van der Waals surface area contributed by atoms with Gasteiger partial charge in [0, 0.05) is 10.0 Å². The van der Waals surface area contributed by atoms with E-state index in [1.165, 1.54) is 0 Å². The fourth-order valence-corrected chi connectivity index (χ4v) is 2.60. The molecule has 132 valence electrons. The van der Waals surface area contributed by atoms with Gasteiger partial charge in [-0.25, -0.2) is 0 Å². The van der Waals surface area contributed by atoms with Crippen molar-refractivity contribution in [3.63, 3.8) is 0 Å². The molecule has 6 heteroatoms. The normalized spacial score (nSPS) is 10.2. The molecule has 0 spiro atoms. The molecule has 0 bridgehead atoms. The van der Waals surface area contributed by atoms with Crippen molar-refractivity contribution >= 4 is 34.8 Å². The summed E-state index contributed by atoms with van der Waals surface area (Å²) in [5.74, 6) is 0.185. The summed E-state index contributed by atoms with van der Waals surface area (Å²) in [7, 11) is 0. The van der Waals surface area contributed by atoms with E-state index in [-0.39, 0.29) is 5.91 Å². The molecule has 1 amide bonds. The molecule has 3 aromatic rings. The number of carbonyl (C=O) groups is 1. The zero-order valence-corrected chi connectivity index (χ0v) is 15.2. The Morgan fingerprint density at radius 3 is 2.42 bits per heavy atom. The van der Waals surface area contributed by atoms with E-state index in [0.717, 1.165) is 5.56 Å². The Kier molecular flexibility index (Phi) is 6.00. The van der Waals surface area contributed by atoms with Gasteiger partial charge in [0.25, 0.3) is 5.91 Å². The molecule has 0 fully saturated rings. The molecule has 3 aromatic carbocycles. The minimum atomic E-state index is -0.309. The second-order valence-corrected chi connectivity index (χ2v) is 6.37. The van der Waals surface area contributed by atoms with Gasteiger partial charge in [-0.05, 0) is 48.0 Å². The minimum absolute atomic E-state index is 0.309. The smallest absolute Gasteiger partial charge is 0.273 e. The van der Waals surface area contributed by atoms with Crippen molar-refractivity contribution in [3.05, 3.63) is 94.0 Å². The van der Waals surface area contributed by atoms with Gasteiger partial charge in [0.05, 0.1) is 11.3 Å². The van der Waals surface area contributed by atoms with E-state index in [4.69, 9.17) is 27.9 Å². The van der Waals surface area contributed by atoms with Crippen LogP contribution in [0.5, 0.6) is 5.75 Å². The number of halogens is 2. The molecule has 0 aliphatic rings. The van der Waals surface area contributed by atoms with E-state index >= 15 is 0 Å². The lowest BCUT2D eigenvalue weighted by Gasteiger charge is -2.13. The van der Waals surface area contributed by atoms with Crippen molar-refractivity contribution in [2.45, 2.75) is 6.61 Å². The molecular weight excluding hydrogens is 371 g/mol. The fourth-order valence-electron chi connectivity index (χ4n) is 2.28. The first-order valence-electron chi connectivity index (χ1n) is 7.90. The molecule has 0 saturated carbocycles. The third-order valence-corrected chi connectivity index (χ3v) is 4.07. The molecule has 0 radical (unpaired) electrons. The van der Waals surface area contributed by atoms with Crippen molar-refractivity contribution in [2.75, 3.05) is 5.43 Å². The minimum Gasteiger partial charge on any atom is -0.488 e. The van der Waals surface area contributed by atoms with Gasteiger partial charge in [-0.3, -0.25) is 15.6 Å². The number of carbonyl (C=O) groups excluding carboxylic acids is 1. The van der Waals surface area contributed by atoms with Gasteiger partial charge in [0.1, 0.15) is 12.4 Å². The van der Waals surface area contributed by atoms with Crippen LogP contribution in [0.1, 0.15) is 15.9 Å². The van der Waals surface area contributed by atoms with E-state index < -0.39 is 0 Å². The highest BCUT2D eigenvalue weighted by molar-refractivity contribution is 6.31. The highest BCUT2D eigenvalue weighted by Gasteiger charge is 2.12. The average Bonchev–Trinajstić information content (AvgIpc) is 2.66. The number of anilines is 1. The van der Waals surface area contributed by atoms with Gasteiger partial charge in [0.15, 0.2) is 0 Å². The van der Waals surface area contributed by atoms with Crippen LogP contribution < -0.4 is 15.6 Å². The predicted molar refractivity (Wildman–Crippen MR) is 105 cm³/mol. The number of amides is 1. The van der Waals surface area contributed by atoms with Crippen LogP contribution in [0, 0.1) is 0 Å². The lowest BCUT2D eigenvalue weighted by atomic mass is 10.2. The van der Waals surface area contributed by atoms with E-state index in [1.807, 2.05) is 18.2 Å². The first kappa shape index (κ1) is 18.1. The number of hydrogen-bond acceptors (Lipinski definition) is 3. The highest BCUT2D eigenvalue weighted by atomic mass is 35.5. The molecule has 0 aromatic heterocycles. The second kappa shape index (κ2) is 8.61. The van der Waals surface area contributed by atoms with E-state index in [2.05, 4.69) is 10.9 Å². The lowest BCUT2D eigenvalue weighted by Crippen LogP contribution is -2.29. The Morgan fingerprint density at radius 1 is 0.885 bits per heavy atom. The van der Waals surface area contributed by atoms with E-state index in [9.17, 15) is 4.79 Å². The maximum atomic E-state index is 12.5. The largest absolute Gasteiger partial charge is 0.488 e. The number of benzene rings is 3. The van der Waals surface area contributed by atoms with Gasteiger partial charge in [-0.1, -0.05) is 53.5 Å². The van der Waals surface area contributed by atoms with Crippen LogP contribution >= 0.6 is 23.2 Å². The highest BCUT2D eigenvalue weighted by Crippen LogP contribution is 2.20. The van der Waals surface area contributed by atoms with Gasteiger partial charge in [0.2, 0.25) is 0 Å². The summed E-state index contributed by atoms with van der Waals surface area (Å²) in [5, 5.41) is 1.25. The molecule has 0 aliphatic carbocycles. The first-order chi connectivity index (χ1) is 12.6. The maximum Gasteiger partial charge on any atom is 0.273 e. The van der Waals surface area contributed by atoms with E-state index in [1.54, 1.807) is 54.6 Å². The van der Waals surface area contributed by atoms with Crippen LogP contribution in [0.25, 0.3) is 0 Å². The summed E-state index contributed by atoms with van der Waals surface area (Å²) in [5.41, 5.74) is 7.55. The Labute approximate surface area is 161 Å². The molecular formula is C20H16Cl2N2O2. The maximum absolute atomic E-state index is 12.5. The Morgan fingerprint density at radius 2 is 1.65 bits per heavy atom. The molecule has 26 heavy (non-hydrogen) atoms. The van der Waals surface area contributed by atoms with Crippen LogP contribution in [0.2, 0.25) is 10.0 Å². The quantitative estimate of drug-likeness (QED) is 0.562. The van der Waals surface area contributed by atoms with Crippen molar-refractivity contribution in [2.24, 2.45) is 0 Å². The van der Waals surface area contributed by atoms with Crippen molar-refractivity contribution in [1.82, 2.24) is 5.43 Å². The Balaban J connectivity index is 1.65. The van der Waals surface area contributed by atoms with Crippen LogP contribution in [0.3, 0.4) is 0 Å². The topological polar surface area (TPSA) is 50.4 Å². The third kappa shape index (κ3) is 4.91. The molecule has 2 N–H and O–H groups in total. The SMILES string of the molecule is O=C(NNc1cccc(Cl)c1)c1ccccc1OCc1ccc(Cl)cc1. The molecule has 4 nitrogen and oxygen atoms in total. The summed E-state index contributed by atoms with van der Waals surface area (Å²) in [6.45, 7) is 0.336. The molecule has 0 heterocycles. The van der Waals surface area contributed by atoms with Gasteiger partial charge >= 0.3 is 0 Å². The monoisotopic (exact) mass is 386 g/mol. The van der Waals surface area contributed by atoms with Crippen molar-refractivity contribution in [1.29, 1.82) is 0 Å².